The standard InChI is InChI=1S/C16H24FNO2S/c1-3-4-7-21(19)18-12(2)14-8-15(17)10-16(9-14)20-11-13-5-6-13/h8-10,12-13,18H,3-7,11H2,1-2H3/t12-,21-/m0/s1. The third-order valence-corrected chi connectivity index (χ3v) is 4.84. The van der Waals surface area contributed by atoms with Crippen molar-refractivity contribution < 1.29 is 13.7 Å². The lowest BCUT2D eigenvalue weighted by molar-refractivity contribution is 0.298. The summed E-state index contributed by atoms with van der Waals surface area (Å²) in [4.78, 5) is 0. The third-order valence-electron chi connectivity index (χ3n) is 3.57. The molecule has 1 N–H and O–H groups in total. The van der Waals surface area contributed by atoms with Crippen molar-refractivity contribution in [2.45, 2.75) is 45.6 Å². The Balaban J connectivity index is 1.93. The number of rotatable bonds is 9. The summed E-state index contributed by atoms with van der Waals surface area (Å²) in [5, 5.41) is 0. The van der Waals surface area contributed by atoms with Gasteiger partial charge >= 0.3 is 0 Å². The lowest BCUT2D eigenvalue weighted by atomic mass is 10.1. The first kappa shape index (κ1) is 16.6. The molecule has 1 aromatic rings. The summed E-state index contributed by atoms with van der Waals surface area (Å²) < 4.78 is 34.2. The average Bonchev–Trinajstić information content (AvgIpc) is 3.26. The second kappa shape index (κ2) is 8.01. The van der Waals surface area contributed by atoms with Crippen LogP contribution in [0.25, 0.3) is 0 Å². The highest BCUT2D eigenvalue weighted by molar-refractivity contribution is 7.89. The van der Waals surface area contributed by atoms with Crippen molar-refractivity contribution in [2.24, 2.45) is 5.92 Å². The maximum Gasteiger partial charge on any atom is 0.127 e. The molecule has 1 aliphatic rings. The topological polar surface area (TPSA) is 44.3 Å². The van der Waals surface area contributed by atoms with E-state index in [1.807, 2.05) is 13.0 Å². The predicted octanol–water partition coefficient (Wildman–Crippen LogP) is 3.73. The molecule has 5 heteroatoms. The number of unbranched alkanes of at least 4 members (excludes halogenated alkanes) is 1. The Bertz CT molecular complexity index is 454. The van der Waals surface area contributed by atoms with Gasteiger partial charge in [0.1, 0.15) is 17.3 Å². The zero-order valence-corrected chi connectivity index (χ0v) is 13.5. The van der Waals surface area contributed by atoms with E-state index in [-0.39, 0.29) is 11.9 Å². The van der Waals surface area contributed by atoms with Gasteiger partial charge in [-0.1, -0.05) is 13.3 Å². The van der Waals surface area contributed by atoms with Gasteiger partial charge in [0.05, 0.1) is 12.6 Å². The molecule has 3 nitrogen and oxygen atoms in total. The first-order valence-electron chi connectivity index (χ1n) is 7.66. The van der Waals surface area contributed by atoms with E-state index in [1.165, 1.54) is 25.0 Å². The quantitative estimate of drug-likeness (QED) is 0.707. The maximum atomic E-state index is 13.7. The summed E-state index contributed by atoms with van der Waals surface area (Å²) in [6, 6.07) is 4.55. The molecule has 0 aromatic heterocycles. The van der Waals surface area contributed by atoms with Crippen LogP contribution < -0.4 is 9.46 Å². The molecular formula is C16H24FNO2S. The van der Waals surface area contributed by atoms with Crippen molar-refractivity contribution in [3.8, 4) is 5.75 Å². The molecule has 0 bridgehead atoms. The zero-order valence-electron chi connectivity index (χ0n) is 12.7. The molecule has 21 heavy (non-hydrogen) atoms. The Morgan fingerprint density at radius 2 is 2.19 bits per heavy atom. The number of benzene rings is 1. The van der Waals surface area contributed by atoms with Gasteiger partial charge in [0.15, 0.2) is 0 Å². The molecule has 118 valence electrons. The fourth-order valence-electron chi connectivity index (χ4n) is 2.02. The van der Waals surface area contributed by atoms with Crippen molar-refractivity contribution >= 4 is 11.4 Å². The van der Waals surface area contributed by atoms with Crippen LogP contribution in [-0.4, -0.2) is 16.9 Å². The molecule has 0 aliphatic heterocycles. The lowest BCUT2D eigenvalue weighted by Gasteiger charge is -2.18. The van der Waals surface area contributed by atoms with Crippen LogP contribution in [0.4, 0.5) is 4.39 Å². The average molecular weight is 313 g/mol. The second-order valence-corrected chi connectivity index (χ2v) is 7.05. The van der Waals surface area contributed by atoms with E-state index in [4.69, 9.17) is 4.74 Å². The number of hydrogen-bond acceptors (Lipinski definition) is 3. The third kappa shape index (κ3) is 5.85. The van der Waals surface area contributed by atoms with Gasteiger partial charge in [0, 0.05) is 17.4 Å². The molecule has 2 atom stereocenters. The molecule has 1 aliphatic carbocycles. The summed E-state index contributed by atoms with van der Waals surface area (Å²) in [7, 11) is 0. The minimum atomic E-state index is -1.08. The van der Waals surface area contributed by atoms with Crippen molar-refractivity contribution in [1.29, 1.82) is 0 Å². The molecule has 0 amide bonds. The molecule has 2 rings (SSSR count). The molecule has 0 saturated heterocycles. The Morgan fingerprint density at radius 3 is 2.86 bits per heavy atom. The normalized spacial score (nSPS) is 17.5. The van der Waals surface area contributed by atoms with Crippen LogP contribution in [0, 0.1) is 11.7 Å². The Labute approximate surface area is 129 Å². The molecule has 0 heterocycles. The highest BCUT2D eigenvalue weighted by Crippen LogP contribution is 2.30. The zero-order chi connectivity index (χ0) is 15.2. The molecule has 1 aromatic carbocycles. The highest BCUT2D eigenvalue weighted by Gasteiger charge is 2.22. The van der Waals surface area contributed by atoms with Crippen molar-refractivity contribution in [2.75, 3.05) is 12.4 Å². The van der Waals surface area contributed by atoms with E-state index >= 15 is 0 Å². The van der Waals surface area contributed by atoms with Gasteiger partial charge < -0.3 is 9.29 Å². The van der Waals surface area contributed by atoms with Crippen LogP contribution >= 0.6 is 0 Å². The van der Waals surface area contributed by atoms with E-state index in [0.717, 1.165) is 18.4 Å². The Kier molecular flexibility index (Phi) is 6.33. The molecule has 0 radical (unpaired) electrons. The summed E-state index contributed by atoms with van der Waals surface area (Å²) in [5.74, 6) is 1.51. The van der Waals surface area contributed by atoms with Crippen LogP contribution in [0.5, 0.6) is 5.75 Å². The summed E-state index contributed by atoms with van der Waals surface area (Å²) >= 11 is -1.08. The molecule has 1 fully saturated rings. The fraction of sp³-hybridized carbons (Fsp3) is 0.625. The number of nitrogens with one attached hydrogen (secondary N) is 1. The van der Waals surface area contributed by atoms with Gasteiger partial charge in [-0.2, -0.15) is 0 Å². The van der Waals surface area contributed by atoms with Gasteiger partial charge in [-0.3, -0.25) is 0 Å². The minimum absolute atomic E-state index is 0.165. The van der Waals surface area contributed by atoms with E-state index in [9.17, 15) is 8.94 Å². The van der Waals surface area contributed by atoms with Crippen LogP contribution in [0.2, 0.25) is 0 Å². The van der Waals surface area contributed by atoms with Gasteiger partial charge in [-0.05, 0) is 49.8 Å². The van der Waals surface area contributed by atoms with Crippen LogP contribution in [0.3, 0.4) is 0 Å². The smallest absolute Gasteiger partial charge is 0.127 e. The van der Waals surface area contributed by atoms with E-state index < -0.39 is 11.4 Å². The van der Waals surface area contributed by atoms with E-state index in [0.29, 0.717) is 24.0 Å². The van der Waals surface area contributed by atoms with Crippen molar-refractivity contribution in [3.05, 3.63) is 29.6 Å². The molecule has 0 spiro atoms. The van der Waals surface area contributed by atoms with Crippen LogP contribution in [0.15, 0.2) is 18.2 Å². The molecule has 0 unspecified atom stereocenters. The summed E-state index contributed by atoms with van der Waals surface area (Å²) in [6.07, 6.45) is 4.35. The summed E-state index contributed by atoms with van der Waals surface area (Å²) in [5.41, 5.74) is 0.769. The van der Waals surface area contributed by atoms with Crippen LogP contribution in [-0.2, 0) is 11.4 Å². The van der Waals surface area contributed by atoms with Gasteiger partial charge in [0.25, 0.3) is 0 Å². The van der Waals surface area contributed by atoms with Gasteiger partial charge in [-0.25, -0.2) is 4.39 Å². The van der Waals surface area contributed by atoms with Crippen molar-refractivity contribution in [3.63, 3.8) is 0 Å². The fourth-order valence-corrected chi connectivity index (χ4v) is 3.22. The largest absolute Gasteiger partial charge is 0.598 e. The highest BCUT2D eigenvalue weighted by atomic mass is 32.2. The number of ether oxygens (including phenoxy) is 1. The van der Waals surface area contributed by atoms with E-state index in [2.05, 4.69) is 11.6 Å². The Morgan fingerprint density at radius 1 is 1.43 bits per heavy atom. The van der Waals surface area contributed by atoms with E-state index in [1.54, 1.807) is 0 Å². The van der Waals surface area contributed by atoms with Crippen LogP contribution in [0.1, 0.15) is 51.1 Å². The van der Waals surface area contributed by atoms with Gasteiger partial charge in [-0.15, -0.1) is 4.72 Å². The number of halogens is 1. The second-order valence-electron chi connectivity index (χ2n) is 5.72. The molecular weight excluding hydrogens is 289 g/mol. The Hall–Kier alpha value is -0.780. The summed E-state index contributed by atoms with van der Waals surface area (Å²) in [6.45, 7) is 4.62. The number of hydrogen-bond donors (Lipinski definition) is 1. The van der Waals surface area contributed by atoms with Crippen molar-refractivity contribution in [1.82, 2.24) is 4.72 Å². The SMILES string of the molecule is CCCC[S@+]([O-])N[C@@H](C)c1cc(F)cc(OCC2CC2)c1. The predicted molar refractivity (Wildman–Crippen MR) is 84.1 cm³/mol. The minimum Gasteiger partial charge on any atom is -0.598 e. The molecule has 1 saturated carbocycles. The monoisotopic (exact) mass is 313 g/mol. The maximum absolute atomic E-state index is 13.7. The first-order valence-corrected chi connectivity index (χ1v) is 8.98. The lowest BCUT2D eigenvalue weighted by Crippen LogP contribution is -2.29. The first-order chi connectivity index (χ1) is 10.1. The van der Waals surface area contributed by atoms with Gasteiger partial charge in [0.2, 0.25) is 0 Å².